The highest BCUT2D eigenvalue weighted by molar-refractivity contribution is 5.69. The molecule has 0 radical (unpaired) electrons. The minimum Gasteiger partial charge on any atom is -0.463 e. The molecule has 0 saturated carbocycles. The molecule has 0 fully saturated rings. The average molecular weight is 696 g/mol. The van der Waals surface area contributed by atoms with E-state index in [0.29, 0.717) is 12.8 Å². The number of carbonyl (C=O) groups is 2. The summed E-state index contributed by atoms with van der Waals surface area (Å²) in [7, 11) is 0. The van der Waals surface area contributed by atoms with Gasteiger partial charge in [-0.3, -0.25) is 9.59 Å². The largest absolute Gasteiger partial charge is 0.463 e. The molecule has 1 N–H and O–H groups in total. The lowest BCUT2D eigenvalue weighted by Crippen LogP contribution is -2.29. The first-order valence-corrected chi connectivity index (χ1v) is 21.7. The molecule has 0 aromatic carbocycles. The third-order valence-electron chi connectivity index (χ3n) is 9.98. The van der Waals surface area contributed by atoms with Crippen molar-refractivity contribution in [1.29, 1.82) is 0 Å². The summed E-state index contributed by atoms with van der Waals surface area (Å²) in [4.78, 5) is 27.2. The molecule has 6 nitrogen and oxygen atoms in total. The van der Waals surface area contributed by atoms with E-state index in [9.17, 15) is 14.7 Å². The Labute approximate surface area is 305 Å². The minimum absolute atomic E-state index is 0.0108. The van der Waals surface area contributed by atoms with E-state index in [4.69, 9.17) is 9.47 Å². The summed E-state index contributed by atoms with van der Waals surface area (Å²) in [5.41, 5.74) is 0. The van der Waals surface area contributed by atoms with Crippen LogP contribution in [0.3, 0.4) is 0 Å². The molecular weight excluding hydrogens is 610 g/mol. The number of aliphatic hydroxyl groups is 1. The molecule has 0 bridgehead atoms. The predicted octanol–water partition coefficient (Wildman–Crippen LogP) is 12.3. The molecule has 0 rings (SSSR count). The smallest absolute Gasteiger partial charge is 0.306 e. The van der Waals surface area contributed by atoms with Crippen molar-refractivity contribution in [1.82, 2.24) is 4.90 Å². The maximum absolute atomic E-state index is 12.6. The molecule has 0 amide bonds. The van der Waals surface area contributed by atoms with Crippen LogP contribution in [0.5, 0.6) is 0 Å². The van der Waals surface area contributed by atoms with E-state index in [2.05, 4.69) is 25.7 Å². The number of hydrogen-bond acceptors (Lipinski definition) is 6. The highest BCUT2D eigenvalue weighted by Gasteiger charge is 2.14. The number of esters is 2. The van der Waals surface area contributed by atoms with Crippen molar-refractivity contribution in [3.8, 4) is 0 Å². The van der Waals surface area contributed by atoms with Crippen LogP contribution in [0.2, 0.25) is 0 Å². The first-order valence-electron chi connectivity index (χ1n) is 21.7. The maximum atomic E-state index is 12.6. The van der Waals surface area contributed by atoms with Gasteiger partial charge in [0, 0.05) is 19.4 Å². The van der Waals surface area contributed by atoms with Crippen LogP contribution in [0.15, 0.2) is 0 Å². The highest BCUT2D eigenvalue weighted by Crippen LogP contribution is 2.18. The summed E-state index contributed by atoms with van der Waals surface area (Å²) in [6.07, 6.45) is 35.4. The van der Waals surface area contributed by atoms with Gasteiger partial charge in [0.25, 0.3) is 0 Å². The lowest BCUT2D eigenvalue weighted by Gasteiger charge is -2.21. The molecule has 0 spiro atoms. The molecule has 292 valence electrons. The Balaban J connectivity index is 3.98. The summed E-state index contributed by atoms with van der Waals surface area (Å²) < 4.78 is 11.6. The van der Waals surface area contributed by atoms with E-state index >= 15 is 0 Å². The first kappa shape index (κ1) is 47.9. The summed E-state index contributed by atoms with van der Waals surface area (Å²) in [6.45, 7) is 11.8. The van der Waals surface area contributed by atoms with E-state index in [1.807, 2.05) is 6.92 Å². The standard InChI is InChI=1S/C43H85NO5/c1-5-8-11-14-19-26-33-41(32-25-18-13-10-7-3)49-43(47)35-28-21-16-23-30-37-44(38-39-45)36-29-22-15-20-27-34-42(46)48-40(4)31-24-17-12-9-6-2/h40-41,45H,5-39H2,1-4H3. The fraction of sp³-hybridized carbons (Fsp3) is 0.953. The van der Waals surface area contributed by atoms with Gasteiger partial charge in [0.1, 0.15) is 6.10 Å². The zero-order chi connectivity index (χ0) is 36.0. The Kier molecular flexibility index (Phi) is 37.2. The van der Waals surface area contributed by atoms with E-state index in [0.717, 1.165) is 96.7 Å². The SMILES string of the molecule is CCCCCCCCC(CCCCCCC)OC(=O)CCCCCCCN(CCO)CCCCCCCC(=O)OC(C)CCCCCCC. The second-order valence-electron chi connectivity index (χ2n) is 15.0. The molecule has 0 heterocycles. The molecule has 2 atom stereocenters. The van der Waals surface area contributed by atoms with Crippen LogP contribution in [-0.2, 0) is 19.1 Å². The Morgan fingerprint density at radius 2 is 0.837 bits per heavy atom. The van der Waals surface area contributed by atoms with E-state index in [1.165, 1.54) is 109 Å². The van der Waals surface area contributed by atoms with Crippen molar-refractivity contribution in [2.75, 3.05) is 26.2 Å². The summed E-state index contributed by atoms with van der Waals surface area (Å²) in [5.74, 6) is -0.0252. The van der Waals surface area contributed by atoms with Crippen LogP contribution >= 0.6 is 0 Å². The van der Waals surface area contributed by atoms with E-state index < -0.39 is 0 Å². The first-order chi connectivity index (χ1) is 24.0. The van der Waals surface area contributed by atoms with Crippen molar-refractivity contribution in [3.05, 3.63) is 0 Å². The zero-order valence-corrected chi connectivity index (χ0v) is 33.4. The molecule has 0 aromatic rings. The number of nitrogens with zero attached hydrogens (tertiary/aromatic N) is 1. The molecule has 2 unspecified atom stereocenters. The second-order valence-corrected chi connectivity index (χ2v) is 15.0. The van der Waals surface area contributed by atoms with Crippen LogP contribution in [-0.4, -0.2) is 60.4 Å². The zero-order valence-electron chi connectivity index (χ0n) is 33.4. The van der Waals surface area contributed by atoms with Crippen molar-refractivity contribution in [2.45, 2.75) is 239 Å². The third-order valence-corrected chi connectivity index (χ3v) is 9.98. The molecule has 49 heavy (non-hydrogen) atoms. The lowest BCUT2D eigenvalue weighted by molar-refractivity contribution is -0.150. The van der Waals surface area contributed by atoms with Crippen molar-refractivity contribution in [2.24, 2.45) is 0 Å². The molecule has 0 aromatic heterocycles. The van der Waals surface area contributed by atoms with Gasteiger partial charge in [-0.25, -0.2) is 0 Å². The molecule has 0 aliphatic rings. The van der Waals surface area contributed by atoms with Gasteiger partial charge in [-0.2, -0.15) is 0 Å². The van der Waals surface area contributed by atoms with Gasteiger partial charge in [-0.05, 0) is 84.2 Å². The Hall–Kier alpha value is -1.14. The van der Waals surface area contributed by atoms with Gasteiger partial charge in [0.2, 0.25) is 0 Å². The monoisotopic (exact) mass is 696 g/mol. The van der Waals surface area contributed by atoms with E-state index in [1.54, 1.807) is 0 Å². The summed E-state index contributed by atoms with van der Waals surface area (Å²) >= 11 is 0. The minimum atomic E-state index is -0.0361. The van der Waals surface area contributed by atoms with Crippen molar-refractivity contribution >= 4 is 11.9 Å². The molecule has 0 aliphatic carbocycles. The lowest BCUT2D eigenvalue weighted by atomic mass is 10.0. The van der Waals surface area contributed by atoms with Gasteiger partial charge in [-0.15, -0.1) is 0 Å². The number of aliphatic hydroxyl groups excluding tert-OH is 1. The molecule has 6 heteroatoms. The van der Waals surface area contributed by atoms with Gasteiger partial charge < -0.3 is 19.5 Å². The van der Waals surface area contributed by atoms with Crippen molar-refractivity contribution < 1.29 is 24.2 Å². The molecular formula is C43H85NO5. The van der Waals surface area contributed by atoms with Crippen LogP contribution in [0.4, 0.5) is 0 Å². The summed E-state index contributed by atoms with van der Waals surface area (Å²) in [5, 5.41) is 9.54. The van der Waals surface area contributed by atoms with Gasteiger partial charge >= 0.3 is 11.9 Å². The Morgan fingerprint density at radius 3 is 1.29 bits per heavy atom. The number of carbonyl (C=O) groups excluding carboxylic acids is 2. The predicted molar refractivity (Wildman–Crippen MR) is 209 cm³/mol. The number of hydrogen-bond donors (Lipinski definition) is 1. The van der Waals surface area contributed by atoms with Crippen LogP contribution in [0.25, 0.3) is 0 Å². The van der Waals surface area contributed by atoms with Crippen LogP contribution in [0, 0.1) is 0 Å². The maximum Gasteiger partial charge on any atom is 0.306 e. The Bertz CT molecular complexity index is 702. The molecule has 0 saturated heterocycles. The Morgan fingerprint density at radius 1 is 0.469 bits per heavy atom. The fourth-order valence-corrected chi connectivity index (χ4v) is 6.76. The highest BCUT2D eigenvalue weighted by atomic mass is 16.5. The quantitative estimate of drug-likeness (QED) is 0.0509. The number of ether oxygens (including phenoxy) is 2. The molecule has 0 aliphatic heterocycles. The second kappa shape index (κ2) is 38.1. The van der Waals surface area contributed by atoms with Crippen LogP contribution in [0.1, 0.15) is 227 Å². The van der Waals surface area contributed by atoms with Crippen molar-refractivity contribution in [3.63, 3.8) is 0 Å². The summed E-state index contributed by atoms with van der Waals surface area (Å²) in [6, 6.07) is 0. The topological polar surface area (TPSA) is 76.1 Å². The van der Waals surface area contributed by atoms with Gasteiger partial charge in [-0.1, -0.05) is 143 Å². The van der Waals surface area contributed by atoms with E-state index in [-0.39, 0.29) is 30.8 Å². The van der Waals surface area contributed by atoms with Gasteiger partial charge in [0.15, 0.2) is 0 Å². The van der Waals surface area contributed by atoms with Gasteiger partial charge in [0.05, 0.1) is 12.7 Å². The average Bonchev–Trinajstić information content (AvgIpc) is 3.08. The van der Waals surface area contributed by atoms with Crippen LogP contribution < -0.4 is 0 Å². The number of rotatable bonds is 39. The fourth-order valence-electron chi connectivity index (χ4n) is 6.76. The number of unbranched alkanes of at least 4 members (excludes halogenated alkanes) is 21. The normalized spacial score (nSPS) is 12.8. The third kappa shape index (κ3) is 35.1.